The summed E-state index contributed by atoms with van der Waals surface area (Å²) in [7, 11) is 0. The molecular weight excluding hydrogens is 498 g/mol. The Morgan fingerprint density at radius 2 is 1.63 bits per heavy atom. The smallest absolute Gasteiger partial charge is 0.338 e. The molecule has 4 rings (SSSR count). The topological polar surface area (TPSA) is 89.4 Å². The second-order valence-corrected chi connectivity index (χ2v) is 9.99. The van der Waals surface area contributed by atoms with E-state index in [0.29, 0.717) is 36.5 Å². The van der Waals surface area contributed by atoms with Crippen LogP contribution in [0.15, 0.2) is 77.8 Å². The number of anilines is 1. The molecule has 0 aliphatic carbocycles. The molecule has 0 saturated heterocycles. The maximum atomic E-state index is 12.6. The minimum atomic E-state index is -0.387. The maximum absolute atomic E-state index is 12.6. The van der Waals surface area contributed by atoms with Gasteiger partial charge < -0.3 is 19.9 Å². The van der Waals surface area contributed by atoms with Crippen LogP contribution in [0.2, 0.25) is 0 Å². The summed E-state index contributed by atoms with van der Waals surface area (Å²) < 4.78 is 7.09. The Labute approximate surface area is 226 Å². The Hall–Kier alpha value is -4.04. The van der Waals surface area contributed by atoms with Gasteiger partial charge in [0.05, 0.1) is 17.9 Å². The minimum absolute atomic E-state index is 0.0881. The molecule has 0 atom stereocenters. The first-order chi connectivity index (χ1) is 18.3. The molecule has 0 fully saturated rings. The number of rotatable bonds is 10. The molecule has 0 unspecified atom stereocenters. The Kier molecular flexibility index (Phi) is 8.86. The van der Waals surface area contributed by atoms with Crippen LogP contribution in [0.3, 0.4) is 0 Å². The number of hydrogen-bond acceptors (Lipinski definition) is 5. The Bertz CT molecular complexity index is 1440. The van der Waals surface area contributed by atoms with Gasteiger partial charge >= 0.3 is 5.97 Å². The van der Waals surface area contributed by atoms with E-state index in [1.807, 2.05) is 62.5 Å². The van der Waals surface area contributed by atoms with Crippen LogP contribution in [0, 0.1) is 13.8 Å². The third-order valence-electron chi connectivity index (χ3n) is 5.91. The highest BCUT2D eigenvalue weighted by Crippen LogP contribution is 2.30. The number of amides is 2. The number of benzene rings is 3. The van der Waals surface area contributed by atoms with E-state index in [0.717, 1.165) is 26.9 Å². The highest BCUT2D eigenvalue weighted by atomic mass is 32.2. The van der Waals surface area contributed by atoms with E-state index in [-0.39, 0.29) is 23.5 Å². The lowest BCUT2D eigenvalue weighted by atomic mass is 10.1. The van der Waals surface area contributed by atoms with Crippen molar-refractivity contribution in [3.05, 3.63) is 95.2 Å². The summed E-state index contributed by atoms with van der Waals surface area (Å²) in [5.74, 6) is -0.384. The number of fused-ring (bicyclic) bond motifs is 1. The number of hydrogen-bond donors (Lipinski definition) is 2. The van der Waals surface area contributed by atoms with E-state index < -0.39 is 0 Å². The van der Waals surface area contributed by atoms with Crippen molar-refractivity contribution >= 4 is 46.1 Å². The fourth-order valence-electron chi connectivity index (χ4n) is 4.26. The van der Waals surface area contributed by atoms with Gasteiger partial charge in [-0.1, -0.05) is 35.4 Å². The highest BCUT2D eigenvalue weighted by Gasteiger charge is 2.13. The van der Waals surface area contributed by atoms with E-state index in [1.165, 1.54) is 11.8 Å². The molecule has 38 heavy (non-hydrogen) atoms. The molecule has 0 aliphatic rings. The number of esters is 1. The molecule has 4 aromatic rings. The summed E-state index contributed by atoms with van der Waals surface area (Å²) in [5.41, 5.74) is 4.89. The van der Waals surface area contributed by atoms with E-state index >= 15 is 0 Å². The number of para-hydroxylation sites is 1. The van der Waals surface area contributed by atoms with E-state index in [1.54, 1.807) is 31.2 Å². The van der Waals surface area contributed by atoms with E-state index in [4.69, 9.17) is 4.74 Å². The second kappa shape index (κ2) is 12.5. The van der Waals surface area contributed by atoms with Crippen molar-refractivity contribution in [1.29, 1.82) is 0 Å². The molecule has 2 amide bonds. The number of aryl methyl sites for hydroxylation is 2. The fourth-order valence-corrected chi connectivity index (χ4v) is 5.14. The standard InChI is InChI=1S/C30H31N3O4S/c1-4-37-30(36)22-9-11-24(12-10-22)32-28(34)19-38-27-18-33(26-8-6-5-7-25(26)27)14-13-31-29(35)23-16-20(2)15-21(3)17-23/h5-12,15-18H,4,13-14,19H2,1-3H3,(H,31,35)(H,32,34). The van der Waals surface area contributed by atoms with Gasteiger partial charge in [0.15, 0.2) is 0 Å². The lowest BCUT2D eigenvalue weighted by Gasteiger charge is -2.09. The van der Waals surface area contributed by atoms with Crippen LogP contribution in [0.25, 0.3) is 10.9 Å². The monoisotopic (exact) mass is 529 g/mol. The molecule has 0 radical (unpaired) electrons. The third-order valence-corrected chi connectivity index (χ3v) is 6.96. The fraction of sp³-hybridized carbons (Fsp3) is 0.233. The number of ether oxygens (including phenoxy) is 1. The molecule has 8 heteroatoms. The molecular formula is C30H31N3O4S. The summed E-state index contributed by atoms with van der Waals surface area (Å²) >= 11 is 1.46. The van der Waals surface area contributed by atoms with Crippen LogP contribution in [-0.4, -0.2) is 41.3 Å². The predicted octanol–water partition coefficient (Wildman–Crippen LogP) is 5.60. The Morgan fingerprint density at radius 1 is 0.921 bits per heavy atom. The summed E-state index contributed by atoms with van der Waals surface area (Å²) in [6.07, 6.45) is 2.03. The van der Waals surface area contributed by atoms with Crippen molar-refractivity contribution in [3.8, 4) is 0 Å². The zero-order valence-corrected chi connectivity index (χ0v) is 22.6. The van der Waals surface area contributed by atoms with Crippen molar-refractivity contribution < 1.29 is 19.1 Å². The van der Waals surface area contributed by atoms with Crippen LogP contribution >= 0.6 is 11.8 Å². The Balaban J connectivity index is 1.35. The summed E-state index contributed by atoms with van der Waals surface area (Å²) in [4.78, 5) is 38.0. The second-order valence-electron chi connectivity index (χ2n) is 8.97. The normalized spacial score (nSPS) is 10.8. The van der Waals surface area contributed by atoms with Gasteiger partial charge in [0.25, 0.3) is 5.91 Å². The van der Waals surface area contributed by atoms with Gasteiger partial charge in [-0.25, -0.2) is 4.79 Å². The van der Waals surface area contributed by atoms with Gasteiger partial charge in [-0.05, 0) is 63.2 Å². The molecule has 3 aromatic carbocycles. The first kappa shape index (κ1) is 27.0. The summed E-state index contributed by atoms with van der Waals surface area (Å²) in [6.45, 7) is 7.13. The van der Waals surface area contributed by atoms with Crippen molar-refractivity contribution in [2.24, 2.45) is 0 Å². The number of carbonyl (C=O) groups is 3. The van der Waals surface area contributed by atoms with Crippen LogP contribution < -0.4 is 10.6 Å². The lowest BCUT2D eigenvalue weighted by Crippen LogP contribution is -2.27. The molecule has 0 aliphatic heterocycles. The number of thioether (sulfide) groups is 1. The predicted molar refractivity (Wildman–Crippen MR) is 152 cm³/mol. The molecule has 2 N–H and O–H groups in total. The first-order valence-electron chi connectivity index (χ1n) is 12.5. The van der Waals surface area contributed by atoms with Crippen LogP contribution in [0.1, 0.15) is 38.8 Å². The van der Waals surface area contributed by atoms with Crippen LogP contribution in [0.4, 0.5) is 5.69 Å². The zero-order valence-electron chi connectivity index (χ0n) is 21.7. The Morgan fingerprint density at radius 3 is 2.34 bits per heavy atom. The highest BCUT2D eigenvalue weighted by molar-refractivity contribution is 8.00. The molecule has 0 bridgehead atoms. The first-order valence-corrected chi connectivity index (χ1v) is 13.5. The molecule has 1 aromatic heterocycles. The van der Waals surface area contributed by atoms with Gasteiger partial charge in [-0.2, -0.15) is 0 Å². The van der Waals surface area contributed by atoms with E-state index in [9.17, 15) is 14.4 Å². The SMILES string of the molecule is CCOC(=O)c1ccc(NC(=O)CSc2cn(CCNC(=O)c3cc(C)cc(C)c3)c3ccccc23)cc1. The quantitative estimate of drug-likeness (QED) is 0.206. The van der Waals surface area contributed by atoms with Crippen molar-refractivity contribution in [2.45, 2.75) is 32.2 Å². The molecule has 0 saturated carbocycles. The van der Waals surface area contributed by atoms with Crippen LogP contribution in [0.5, 0.6) is 0 Å². The number of nitrogens with one attached hydrogen (secondary N) is 2. The molecule has 7 nitrogen and oxygen atoms in total. The molecule has 196 valence electrons. The number of carbonyl (C=O) groups excluding carboxylic acids is 3. The summed E-state index contributed by atoms with van der Waals surface area (Å²) in [6, 6.07) is 20.5. The number of nitrogens with zero attached hydrogens (tertiary/aromatic N) is 1. The van der Waals surface area contributed by atoms with Gasteiger partial charge in [-0.3, -0.25) is 9.59 Å². The lowest BCUT2D eigenvalue weighted by molar-refractivity contribution is -0.113. The van der Waals surface area contributed by atoms with Gasteiger partial charge in [0, 0.05) is 46.3 Å². The minimum Gasteiger partial charge on any atom is -0.462 e. The average molecular weight is 530 g/mol. The molecule has 1 heterocycles. The number of aromatic nitrogens is 1. The maximum Gasteiger partial charge on any atom is 0.338 e. The van der Waals surface area contributed by atoms with Gasteiger partial charge in [0.2, 0.25) is 5.91 Å². The molecule has 0 spiro atoms. The van der Waals surface area contributed by atoms with Gasteiger partial charge in [-0.15, -0.1) is 11.8 Å². The van der Waals surface area contributed by atoms with Crippen molar-refractivity contribution in [2.75, 3.05) is 24.2 Å². The van der Waals surface area contributed by atoms with Crippen molar-refractivity contribution in [1.82, 2.24) is 9.88 Å². The zero-order chi connectivity index (χ0) is 27.1. The van der Waals surface area contributed by atoms with E-state index in [2.05, 4.69) is 15.2 Å². The van der Waals surface area contributed by atoms with Gasteiger partial charge in [0.1, 0.15) is 0 Å². The largest absolute Gasteiger partial charge is 0.462 e. The van der Waals surface area contributed by atoms with Crippen molar-refractivity contribution in [3.63, 3.8) is 0 Å². The average Bonchev–Trinajstić information content (AvgIpc) is 3.25. The van der Waals surface area contributed by atoms with Crippen LogP contribution in [-0.2, 0) is 16.1 Å². The third kappa shape index (κ3) is 6.83. The summed E-state index contributed by atoms with van der Waals surface area (Å²) in [5, 5.41) is 6.94.